The van der Waals surface area contributed by atoms with Crippen molar-refractivity contribution in [3.05, 3.63) is 21.2 Å². The van der Waals surface area contributed by atoms with E-state index in [0.29, 0.717) is 17.9 Å². The highest BCUT2D eigenvalue weighted by Crippen LogP contribution is 2.46. The Labute approximate surface area is 131 Å². The molecule has 0 spiro atoms. The van der Waals surface area contributed by atoms with Gasteiger partial charge in [0.25, 0.3) is 0 Å². The normalized spacial score (nSPS) is 20.5. The third-order valence-corrected chi connectivity index (χ3v) is 8.27. The third kappa shape index (κ3) is 1.88. The zero-order chi connectivity index (χ0) is 16.3. The number of allylic oxidation sites excluding steroid dienone is 2. The Kier molecular flexibility index (Phi) is 3.41. The fraction of sp³-hybridized carbons (Fsp3) is 0.467. The fourth-order valence-corrected chi connectivity index (χ4v) is 6.46. The average Bonchev–Trinajstić information content (AvgIpc) is 2.93. The summed E-state index contributed by atoms with van der Waals surface area (Å²) in [5, 5.41) is 0. The highest BCUT2D eigenvalue weighted by atomic mass is 32.2. The van der Waals surface area contributed by atoms with Crippen LogP contribution in [0, 0.1) is 0 Å². The highest BCUT2D eigenvalue weighted by molar-refractivity contribution is 7.98. The van der Waals surface area contributed by atoms with Crippen LogP contribution in [0.5, 0.6) is 0 Å². The van der Waals surface area contributed by atoms with Gasteiger partial charge in [-0.25, -0.2) is 16.8 Å². The average molecular weight is 341 g/mol. The van der Waals surface area contributed by atoms with Crippen LogP contribution in [-0.4, -0.2) is 21.4 Å². The van der Waals surface area contributed by atoms with Gasteiger partial charge >= 0.3 is 0 Å². The van der Waals surface area contributed by atoms with E-state index in [1.807, 2.05) is 4.57 Å². The third-order valence-electron chi connectivity index (χ3n) is 4.30. The van der Waals surface area contributed by atoms with Gasteiger partial charge in [-0.3, -0.25) is 0 Å². The Hall–Kier alpha value is -1.34. The molecule has 2 aliphatic rings. The van der Waals surface area contributed by atoms with Gasteiger partial charge in [0, 0.05) is 16.4 Å². The molecule has 1 aromatic rings. The minimum atomic E-state index is -3.69. The fourth-order valence-electron chi connectivity index (χ4n) is 3.04. The van der Waals surface area contributed by atoms with Crippen LogP contribution in [0.15, 0.2) is 19.6 Å². The van der Waals surface area contributed by atoms with E-state index in [2.05, 4.69) is 6.92 Å². The second kappa shape index (κ2) is 4.83. The van der Waals surface area contributed by atoms with Crippen LogP contribution in [0.2, 0.25) is 0 Å². The zero-order valence-electron chi connectivity index (χ0n) is 12.9. The maximum absolute atomic E-state index is 12.5. The molecular formula is C15H19NO4S2. The first-order valence-electron chi connectivity index (χ1n) is 7.36. The molecule has 1 aromatic heterocycles. The van der Waals surface area contributed by atoms with E-state index in [0.717, 1.165) is 19.3 Å². The summed E-state index contributed by atoms with van der Waals surface area (Å²) < 4.78 is 51.9. The minimum Gasteiger partial charge on any atom is -0.339 e. The van der Waals surface area contributed by atoms with Crippen LogP contribution < -0.4 is 0 Å². The Bertz CT molecular complexity index is 857. The van der Waals surface area contributed by atoms with E-state index in [-0.39, 0.29) is 19.6 Å². The summed E-state index contributed by atoms with van der Waals surface area (Å²) in [7, 11) is -7.37. The van der Waals surface area contributed by atoms with Gasteiger partial charge in [-0.05, 0) is 32.4 Å². The van der Waals surface area contributed by atoms with Crippen LogP contribution in [-0.2, 0) is 26.2 Å². The van der Waals surface area contributed by atoms with Gasteiger partial charge in [-0.1, -0.05) is 19.8 Å². The number of fused-ring (bicyclic) bond motifs is 3. The molecule has 0 atom stereocenters. The number of nitrogens with zero attached hydrogens (tertiary/aromatic N) is 1. The predicted molar refractivity (Wildman–Crippen MR) is 85.6 cm³/mol. The number of hydrogen-bond donors (Lipinski definition) is 0. The summed E-state index contributed by atoms with van der Waals surface area (Å²) >= 11 is 0. The highest BCUT2D eigenvalue weighted by Gasteiger charge is 2.43. The van der Waals surface area contributed by atoms with Crippen molar-refractivity contribution in [3.8, 4) is 0 Å². The molecule has 0 saturated carbocycles. The van der Waals surface area contributed by atoms with Crippen molar-refractivity contribution in [2.24, 2.45) is 0 Å². The van der Waals surface area contributed by atoms with E-state index >= 15 is 0 Å². The Morgan fingerprint density at radius 3 is 1.73 bits per heavy atom. The molecule has 120 valence electrons. The summed E-state index contributed by atoms with van der Waals surface area (Å²) in [5.41, 5.74) is 1.04. The lowest BCUT2D eigenvalue weighted by molar-refractivity contribution is 0.592. The van der Waals surface area contributed by atoms with Gasteiger partial charge in [0.1, 0.15) is 9.79 Å². The van der Waals surface area contributed by atoms with Crippen molar-refractivity contribution in [2.45, 2.75) is 56.4 Å². The molecule has 0 radical (unpaired) electrons. The quantitative estimate of drug-likeness (QED) is 0.789. The maximum atomic E-state index is 12.5. The Balaban J connectivity index is 2.29. The second-order valence-corrected chi connectivity index (χ2v) is 9.92. The summed E-state index contributed by atoms with van der Waals surface area (Å²) in [6.07, 6.45) is 6.14. The lowest BCUT2D eigenvalue weighted by atomic mass is 10.2. The number of aromatic nitrogens is 1. The van der Waals surface area contributed by atoms with Crippen molar-refractivity contribution in [2.75, 3.05) is 0 Å². The van der Waals surface area contributed by atoms with Crippen molar-refractivity contribution in [1.82, 2.24) is 4.57 Å². The van der Waals surface area contributed by atoms with Gasteiger partial charge in [0.2, 0.25) is 19.7 Å². The first-order chi connectivity index (χ1) is 10.2. The summed E-state index contributed by atoms with van der Waals surface area (Å²) in [6, 6.07) is 0. The maximum Gasteiger partial charge on any atom is 0.206 e. The van der Waals surface area contributed by atoms with Crippen molar-refractivity contribution in [1.29, 1.82) is 0 Å². The number of rotatable bonds is 4. The van der Waals surface area contributed by atoms with E-state index < -0.39 is 19.7 Å². The Morgan fingerprint density at radius 1 is 0.864 bits per heavy atom. The second-order valence-electron chi connectivity index (χ2n) is 5.80. The summed E-state index contributed by atoms with van der Waals surface area (Å²) in [5.74, 6) is 0. The smallest absolute Gasteiger partial charge is 0.206 e. The van der Waals surface area contributed by atoms with Gasteiger partial charge in [0.15, 0.2) is 0 Å². The number of sulfone groups is 2. The number of hydrogen-bond acceptors (Lipinski definition) is 4. The first kappa shape index (κ1) is 15.6. The van der Waals surface area contributed by atoms with Crippen LogP contribution in [0.3, 0.4) is 0 Å². The van der Waals surface area contributed by atoms with Gasteiger partial charge in [0.05, 0.1) is 11.4 Å². The van der Waals surface area contributed by atoms with E-state index in [1.54, 1.807) is 12.2 Å². The number of unbranched alkanes of at least 4 members (excludes halogenated alkanes) is 2. The monoisotopic (exact) mass is 341 g/mol. The minimum absolute atomic E-state index is 0.0235. The molecule has 0 unspecified atom stereocenters. The van der Waals surface area contributed by atoms with Gasteiger partial charge < -0.3 is 4.57 Å². The molecule has 7 heteroatoms. The molecule has 0 fully saturated rings. The first-order valence-corrected chi connectivity index (χ1v) is 10.3. The van der Waals surface area contributed by atoms with Crippen molar-refractivity contribution in [3.63, 3.8) is 0 Å². The topological polar surface area (TPSA) is 73.2 Å². The molecular weight excluding hydrogens is 322 g/mol. The SMILES string of the molecule is CCCCCn1c2c(c3c1C=C(C)S3(=O)=O)S(=O)(=O)C(C)=C2. The molecule has 5 nitrogen and oxygen atoms in total. The Morgan fingerprint density at radius 2 is 1.32 bits per heavy atom. The van der Waals surface area contributed by atoms with Crippen LogP contribution in [0.25, 0.3) is 12.2 Å². The molecule has 0 aliphatic carbocycles. The summed E-state index contributed by atoms with van der Waals surface area (Å²) in [6.45, 7) is 5.75. The largest absolute Gasteiger partial charge is 0.339 e. The molecule has 22 heavy (non-hydrogen) atoms. The molecule has 3 rings (SSSR count). The predicted octanol–water partition coefficient (Wildman–Crippen LogP) is 2.97. The molecule has 3 heterocycles. The molecule has 2 aliphatic heterocycles. The van der Waals surface area contributed by atoms with Gasteiger partial charge in [-0.2, -0.15) is 0 Å². The lowest BCUT2D eigenvalue weighted by Crippen LogP contribution is -2.05. The van der Waals surface area contributed by atoms with Crippen LogP contribution in [0.4, 0.5) is 0 Å². The van der Waals surface area contributed by atoms with Crippen molar-refractivity contribution < 1.29 is 16.8 Å². The van der Waals surface area contributed by atoms with E-state index in [9.17, 15) is 16.8 Å². The van der Waals surface area contributed by atoms with Gasteiger partial charge in [-0.15, -0.1) is 0 Å². The van der Waals surface area contributed by atoms with Crippen LogP contribution in [0.1, 0.15) is 51.4 Å². The molecule has 0 saturated heterocycles. The van der Waals surface area contributed by atoms with Crippen LogP contribution >= 0.6 is 0 Å². The van der Waals surface area contributed by atoms with Crippen molar-refractivity contribution >= 4 is 31.8 Å². The molecule has 0 aromatic carbocycles. The van der Waals surface area contributed by atoms with E-state index in [1.165, 1.54) is 13.8 Å². The lowest BCUT2D eigenvalue weighted by Gasteiger charge is -2.08. The molecule has 0 N–H and O–H groups in total. The summed E-state index contributed by atoms with van der Waals surface area (Å²) in [4.78, 5) is 0.378. The standard InChI is InChI=1S/C15H19NO4S2/c1-4-5-6-7-16-12-8-10(2)21(17,18)14(12)15-13(16)9-11(3)22(15,19)20/h8-9H,4-7H2,1-3H3. The van der Waals surface area contributed by atoms with E-state index in [4.69, 9.17) is 0 Å². The molecule has 0 amide bonds. The molecule has 0 bridgehead atoms. The zero-order valence-corrected chi connectivity index (χ0v) is 14.5.